The van der Waals surface area contributed by atoms with Gasteiger partial charge in [-0.05, 0) is 36.8 Å². The Morgan fingerprint density at radius 2 is 1.66 bits per heavy atom. The van der Waals surface area contributed by atoms with Gasteiger partial charge in [0.15, 0.2) is 17.3 Å². The monoisotopic (exact) mass is 442 g/mol. The minimum absolute atomic E-state index is 0.0141. The van der Waals surface area contributed by atoms with Crippen LogP contribution < -0.4 is 15.1 Å². The first-order valence-corrected chi connectivity index (χ1v) is 9.56. The number of methoxy groups -OCH3 is 1. The Morgan fingerprint density at radius 1 is 0.938 bits per heavy atom. The molecule has 3 aromatic carbocycles. The van der Waals surface area contributed by atoms with E-state index in [1.807, 2.05) is 0 Å². The fourth-order valence-electron chi connectivity index (χ4n) is 3.38. The number of hydrogen-bond donors (Lipinski definition) is 0. The summed E-state index contributed by atoms with van der Waals surface area (Å²) in [6.45, 7) is 1.40. The second-order valence-electron chi connectivity index (χ2n) is 7.19. The summed E-state index contributed by atoms with van der Waals surface area (Å²) in [7, 11) is 1.45. The van der Waals surface area contributed by atoms with Gasteiger partial charge in [0.25, 0.3) is 0 Å². The predicted octanol–water partition coefficient (Wildman–Crippen LogP) is 5.76. The van der Waals surface area contributed by atoms with Crippen molar-refractivity contribution in [2.75, 3.05) is 7.11 Å². The average Bonchev–Trinajstić information content (AvgIpc) is 2.76. The van der Waals surface area contributed by atoms with Crippen LogP contribution in [0.15, 0.2) is 63.8 Å². The molecule has 0 N–H and O–H groups in total. The topological polar surface area (TPSA) is 65.7 Å². The lowest BCUT2D eigenvalue weighted by Crippen LogP contribution is -2.05. The highest BCUT2D eigenvalue weighted by molar-refractivity contribution is 6.07. The van der Waals surface area contributed by atoms with Gasteiger partial charge in [-0.15, -0.1) is 0 Å². The van der Waals surface area contributed by atoms with Crippen LogP contribution in [0.3, 0.4) is 0 Å². The lowest BCUT2D eigenvalue weighted by molar-refractivity contribution is -0.137. The molecule has 0 atom stereocenters. The highest BCUT2D eigenvalue weighted by Gasteiger charge is 2.29. The smallest absolute Gasteiger partial charge is 0.416 e. The molecule has 0 saturated heterocycles. The van der Waals surface area contributed by atoms with Crippen molar-refractivity contribution in [1.29, 1.82) is 0 Å². The van der Waals surface area contributed by atoms with E-state index in [9.17, 15) is 22.8 Å². The molecule has 0 amide bonds. The maximum atomic E-state index is 12.7. The van der Waals surface area contributed by atoms with Crippen molar-refractivity contribution in [1.82, 2.24) is 0 Å². The van der Waals surface area contributed by atoms with Gasteiger partial charge in [0.1, 0.15) is 12.2 Å². The molecule has 1 heterocycles. The number of benzene rings is 3. The zero-order valence-corrected chi connectivity index (χ0v) is 17.1. The van der Waals surface area contributed by atoms with Crippen LogP contribution in [0.1, 0.15) is 28.4 Å². The van der Waals surface area contributed by atoms with E-state index in [0.29, 0.717) is 27.6 Å². The van der Waals surface area contributed by atoms with Crippen molar-refractivity contribution in [3.8, 4) is 11.5 Å². The van der Waals surface area contributed by atoms with Gasteiger partial charge in [0.05, 0.1) is 18.1 Å². The summed E-state index contributed by atoms with van der Waals surface area (Å²) < 4.78 is 54.7. The largest absolute Gasteiger partial charge is 0.493 e. The molecule has 0 spiro atoms. The van der Waals surface area contributed by atoms with E-state index in [-0.39, 0.29) is 29.1 Å². The molecule has 4 rings (SSSR count). The van der Waals surface area contributed by atoms with Gasteiger partial charge in [-0.3, -0.25) is 4.79 Å². The Kier molecular flexibility index (Phi) is 5.38. The van der Waals surface area contributed by atoms with Crippen molar-refractivity contribution >= 4 is 27.5 Å². The lowest BCUT2D eigenvalue weighted by Gasteiger charge is -2.13. The van der Waals surface area contributed by atoms with E-state index in [4.69, 9.17) is 13.9 Å². The van der Waals surface area contributed by atoms with Crippen LogP contribution in [-0.2, 0) is 12.8 Å². The summed E-state index contributed by atoms with van der Waals surface area (Å²) in [5, 5.41) is 1.45. The molecule has 0 bridgehead atoms. The Hall–Kier alpha value is -3.81. The van der Waals surface area contributed by atoms with Crippen LogP contribution in [0.2, 0.25) is 0 Å². The number of ether oxygens (including phenoxy) is 2. The molecule has 0 aliphatic rings. The maximum absolute atomic E-state index is 12.7. The van der Waals surface area contributed by atoms with E-state index in [1.54, 1.807) is 18.2 Å². The third-order valence-electron chi connectivity index (χ3n) is 5.08. The van der Waals surface area contributed by atoms with E-state index in [1.165, 1.54) is 38.3 Å². The number of alkyl halides is 3. The van der Waals surface area contributed by atoms with Gasteiger partial charge in [-0.1, -0.05) is 24.3 Å². The minimum atomic E-state index is -4.41. The molecule has 0 radical (unpaired) electrons. The molecule has 1 aromatic heterocycles. The maximum Gasteiger partial charge on any atom is 0.416 e. The number of halogens is 3. The summed E-state index contributed by atoms with van der Waals surface area (Å²) in [6.07, 6.45) is -4.41. The lowest BCUT2D eigenvalue weighted by atomic mass is 10.0. The van der Waals surface area contributed by atoms with Crippen LogP contribution in [-0.4, -0.2) is 12.9 Å². The van der Waals surface area contributed by atoms with E-state index >= 15 is 0 Å². The van der Waals surface area contributed by atoms with Crippen LogP contribution in [0, 0.1) is 0 Å². The number of carbonyl (C=O) groups is 1. The van der Waals surface area contributed by atoms with Crippen molar-refractivity contribution < 1.29 is 31.9 Å². The molecule has 0 aliphatic carbocycles. The Morgan fingerprint density at radius 3 is 2.28 bits per heavy atom. The number of Topliss-reactive ketones (excluding diaryl/α,β-unsaturated/α-hetero) is 1. The summed E-state index contributed by atoms with van der Waals surface area (Å²) in [5.41, 5.74) is -0.175. The summed E-state index contributed by atoms with van der Waals surface area (Å²) in [4.78, 5) is 24.1. The number of carbonyl (C=O) groups excluding carboxylic acids is 1. The van der Waals surface area contributed by atoms with Crippen LogP contribution in [0.5, 0.6) is 11.5 Å². The van der Waals surface area contributed by atoms with Crippen LogP contribution >= 0.6 is 0 Å². The Bertz CT molecular complexity index is 1390. The fourth-order valence-corrected chi connectivity index (χ4v) is 3.38. The Balaban J connectivity index is 1.71. The van der Waals surface area contributed by atoms with Crippen molar-refractivity contribution in [2.24, 2.45) is 0 Å². The molecule has 0 aliphatic heterocycles. The predicted molar refractivity (Wildman–Crippen MR) is 112 cm³/mol. The first-order valence-electron chi connectivity index (χ1n) is 9.56. The second kappa shape index (κ2) is 8.03. The molecule has 164 valence electrons. The van der Waals surface area contributed by atoms with Gasteiger partial charge in [0, 0.05) is 22.4 Å². The number of ketones is 1. The van der Waals surface area contributed by atoms with Gasteiger partial charge in [-0.25, -0.2) is 4.79 Å². The van der Waals surface area contributed by atoms with Crippen molar-refractivity contribution in [2.45, 2.75) is 19.7 Å². The van der Waals surface area contributed by atoms with Gasteiger partial charge in [-0.2, -0.15) is 13.2 Å². The van der Waals surface area contributed by atoms with Gasteiger partial charge >= 0.3 is 11.8 Å². The van der Waals surface area contributed by atoms with Crippen molar-refractivity contribution in [3.63, 3.8) is 0 Å². The van der Waals surface area contributed by atoms with Crippen molar-refractivity contribution in [3.05, 3.63) is 81.7 Å². The third kappa shape index (κ3) is 4.03. The standard InChI is InChI=1S/C24H17F3O5/c1-13(28)15-5-8-17-18-10-21(30-2)22(11-20(18)32-23(29)19(17)9-15)31-12-14-3-6-16(7-4-14)24(25,26)27/h3-11H,12H2,1-2H3. The molecular formula is C24H17F3O5. The zero-order chi connectivity index (χ0) is 23.0. The molecule has 0 fully saturated rings. The number of fused-ring (bicyclic) bond motifs is 3. The normalized spacial score (nSPS) is 11.7. The highest BCUT2D eigenvalue weighted by atomic mass is 19.4. The van der Waals surface area contributed by atoms with Crippen LogP contribution in [0.25, 0.3) is 21.7 Å². The second-order valence-corrected chi connectivity index (χ2v) is 7.19. The van der Waals surface area contributed by atoms with Gasteiger partial charge in [0.2, 0.25) is 0 Å². The van der Waals surface area contributed by atoms with Crippen LogP contribution in [0.4, 0.5) is 13.2 Å². The zero-order valence-electron chi connectivity index (χ0n) is 17.1. The SMILES string of the molecule is COc1cc2c(cc1OCc1ccc(C(F)(F)F)cc1)oc(=O)c1cc(C(C)=O)ccc12. The molecule has 32 heavy (non-hydrogen) atoms. The summed E-state index contributed by atoms with van der Waals surface area (Å²) in [5.74, 6) is 0.453. The highest BCUT2D eigenvalue weighted by Crippen LogP contribution is 2.36. The minimum Gasteiger partial charge on any atom is -0.493 e. The van der Waals surface area contributed by atoms with E-state index in [0.717, 1.165) is 12.1 Å². The third-order valence-corrected chi connectivity index (χ3v) is 5.08. The molecular weight excluding hydrogens is 425 g/mol. The molecule has 5 nitrogen and oxygen atoms in total. The molecule has 4 aromatic rings. The van der Waals surface area contributed by atoms with Gasteiger partial charge < -0.3 is 13.9 Å². The molecule has 0 unspecified atom stereocenters. The average molecular weight is 442 g/mol. The number of hydrogen-bond acceptors (Lipinski definition) is 5. The molecule has 8 heteroatoms. The quantitative estimate of drug-likeness (QED) is 0.224. The fraction of sp³-hybridized carbons (Fsp3) is 0.167. The van der Waals surface area contributed by atoms with E-state index in [2.05, 4.69) is 0 Å². The first kappa shape index (κ1) is 21.4. The van der Waals surface area contributed by atoms with E-state index < -0.39 is 17.4 Å². The number of rotatable bonds is 5. The summed E-state index contributed by atoms with van der Waals surface area (Å²) >= 11 is 0. The Labute approximate surface area is 180 Å². The first-order chi connectivity index (χ1) is 15.2. The summed E-state index contributed by atoms with van der Waals surface area (Å²) in [6, 6.07) is 12.6. The molecule has 0 saturated carbocycles.